The zero-order valence-electron chi connectivity index (χ0n) is 12.8. The molecule has 0 bridgehead atoms. The van der Waals surface area contributed by atoms with Crippen LogP contribution in [0.1, 0.15) is 37.7 Å². The molecule has 120 valence electrons. The highest BCUT2D eigenvalue weighted by molar-refractivity contribution is 9.10. The average Bonchev–Trinajstić information content (AvgIpc) is 2.44. The first-order chi connectivity index (χ1) is 10.5. The van der Waals surface area contributed by atoms with Crippen molar-refractivity contribution in [1.82, 2.24) is 4.90 Å². The molecule has 0 spiro atoms. The van der Waals surface area contributed by atoms with Crippen LogP contribution < -0.4 is 11.1 Å². The molecule has 0 saturated carbocycles. The molecule has 1 aromatic rings. The first kappa shape index (κ1) is 16.8. The maximum Gasteiger partial charge on any atom is 0.244 e. The number of nitrogens with one attached hydrogen (secondary N) is 1. The van der Waals surface area contributed by atoms with Crippen LogP contribution in [0.25, 0.3) is 0 Å². The van der Waals surface area contributed by atoms with Gasteiger partial charge in [-0.3, -0.25) is 9.59 Å². The summed E-state index contributed by atoms with van der Waals surface area (Å²) in [6.07, 6.45) is 4.61. The van der Waals surface area contributed by atoms with Crippen molar-refractivity contribution in [2.45, 2.75) is 39.0 Å². The second-order valence-electron chi connectivity index (χ2n) is 5.71. The van der Waals surface area contributed by atoms with E-state index in [-0.39, 0.29) is 18.4 Å². The molecule has 22 heavy (non-hydrogen) atoms. The maximum atomic E-state index is 12.2. The molecular formula is C16H22BrN3O2. The minimum absolute atomic E-state index is 0.0632. The highest BCUT2D eigenvalue weighted by atomic mass is 79.9. The molecule has 0 aliphatic carbocycles. The topological polar surface area (TPSA) is 75.4 Å². The SMILES string of the molecule is Cc1cc(Br)cc(NC(=O)CN2CCCCCCC2=O)c1N. The van der Waals surface area contributed by atoms with Gasteiger partial charge in [-0.15, -0.1) is 0 Å². The largest absolute Gasteiger partial charge is 0.397 e. The standard InChI is InChI=1S/C16H22BrN3O2/c1-11-8-12(17)9-13(16(11)18)19-14(21)10-20-7-5-3-2-4-6-15(20)22/h8-9H,2-7,10,18H2,1H3,(H,19,21). The molecule has 3 N–H and O–H groups in total. The summed E-state index contributed by atoms with van der Waals surface area (Å²) in [5.74, 6) is -0.147. The number of likely N-dealkylation sites (tertiary alicyclic amines) is 1. The molecule has 6 heteroatoms. The summed E-state index contributed by atoms with van der Waals surface area (Å²) in [6.45, 7) is 2.63. The fraction of sp³-hybridized carbons (Fsp3) is 0.500. The predicted molar refractivity (Wildman–Crippen MR) is 91.6 cm³/mol. The van der Waals surface area contributed by atoms with E-state index in [4.69, 9.17) is 5.73 Å². The third kappa shape index (κ3) is 4.47. The Morgan fingerprint density at radius 1 is 1.32 bits per heavy atom. The molecule has 2 rings (SSSR count). The lowest BCUT2D eigenvalue weighted by Gasteiger charge is -2.24. The Morgan fingerprint density at radius 3 is 2.82 bits per heavy atom. The van der Waals surface area contributed by atoms with Crippen molar-refractivity contribution < 1.29 is 9.59 Å². The molecule has 1 aliphatic rings. The Kier molecular flexibility index (Phi) is 5.83. The molecule has 1 fully saturated rings. The van der Waals surface area contributed by atoms with Crippen molar-refractivity contribution >= 4 is 39.1 Å². The molecule has 1 heterocycles. The number of nitrogen functional groups attached to an aromatic ring is 1. The zero-order valence-corrected chi connectivity index (χ0v) is 14.4. The van der Waals surface area contributed by atoms with Gasteiger partial charge in [0.2, 0.25) is 11.8 Å². The van der Waals surface area contributed by atoms with Crippen LogP contribution in [0.4, 0.5) is 11.4 Å². The predicted octanol–water partition coefficient (Wildman–Crippen LogP) is 3.07. The summed E-state index contributed by atoms with van der Waals surface area (Å²) in [7, 11) is 0. The van der Waals surface area contributed by atoms with E-state index in [2.05, 4.69) is 21.2 Å². The minimum atomic E-state index is -0.210. The van der Waals surface area contributed by atoms with Crippen LogP contribution in [0.5, 0.6) is 0 Å². The first-order valence-electron chi connectivity index (χ1n) is 7.60. The van der Waals surface area contributed by atoms with Crippen molar-refractivity contribution in [2.24, 2.45) is 0 Å². The van der Waals surface area contributed by atoms with E-state index in [1.54, 1.807) is 11.0 Å². The Labute approximate surface area is 139 Å². The molecule has 0 unspecified atom stereocenters. The van der Waals surface area contributed by atoms with Gasteiger partial charge in [-0.1, -0.05) is 28.8 Å². The molecule has 1 aromatic carbocycles. The Hall–Kier alpha value is -1.56. The minimum Gasteiger partial charge on any atom is -0.397 e. The van der Waals surface area contributed by atoms with E-state index in [9.17, 15) is 9.59 Å². The number of amides is 2. The molecule has 0 radical (unpaired) electrons. The van der Waals surface area contributed by atoms with Crippen LogP contribution in [0.2, 0.25) is 0 Å². The number of nitrogens with two attached hydrogens (primary N) is 1. The second-order valence-corrected chi connectivity index (χ2v) is 6.63. The Balaban J connectivity index is 2.01. The van der Waals surface area contributed by atoms with Crippen LogP contribution in [-0.4, -0.2) is 29.8 Å². The third-order valence-electron chi connectivity index (χ3n) is 3.88. The monoisotopic (exact) mass is 367 g/mol. The fourth-order valence-corrected chi connectivity index (χ4v) is 3.18. The summed E-state index contributed by atoms with van der Waals surface area (Å²) >= 11 is 3.39. The van der Waals surface area contributed by atoms with Crippen molar-refractivity contribution in [3.05, 3.63) is 22.2 Å². The number of halogens is 1. The third-order valence-corrected chi connectivity index (χ3v) is 4.34. The van der Waals surface area contributed by atoms with Gasteiger partial charge in [0, 0.05) is 17.4 Å². The fourth-order valence-electron chi connectivity index (χ4n) is 2.60. The molecule has 0 atom stereocenters. The average molecular weight is 368 g/mol. The molecule has 1 saturated heterocycles. The van der Waals surface area contributed by atoms with Gasteiger partial charge in [-0.2, -0.15) is 0 Å². The number of hydrogen-bond acceptors (Lipinski definition) is 3. The van der Waals surface area contributed by atoms with Crippen molar-refractivity contribution in [1.29, 1.82) is 0 Å². The Bertz CT molecular complexity index is 575. The highest BCUT2D eigenvalue weighted by Crippen LogP contribution is 2.27. The lowest BCUT2D eigenvalue weighted by Crippen LogP contribution is -2.39. The van der Waals surface area contributed by atoms with E-state index >= 15 is 0 Å². The number of aryl methyl sites for hydroxylation is 1. The highest BCUT2D eigenvalue weighted by Gasteiger charge is 2.19. The number of benzene rings is 1. The number of carbonyl (C=O) groups is 2. The first-order valence-corrected chi connectivity index (χ1v) is 8.40. The summed E-state index contributed by atoms with van der Waals surface area (Å²) in [5, 5.41) is 2.81. The lowest BCUT2D eigenvalue weighted by atomic mass is 10.1. The number of nitrogens with zero attached hydrogens (tertiary/aromatic N) is 1. The van der Waals surface area contributed by atoms with Gasteiger partial charge >= 0.3 is 0 Å². The molecule has 1 aliphatic heterocycles. The van der Waals surface area contributed by atoms with Gasteiger partial charge in [0.15, 0.2) is 0 Å². The van der Waals surface area contributed by atoms with Crippen molar-refractivity contribution in [3.63, 3.8) is 0 Å². The molecule has 5 nitrogen and oxygen atoms in total. The van der Waals surface area contributed by atoms with Crippen LogP contribution in [-0.2, 0) is 9.59 Å². The van der Waals surface area contributed by atoms with Gasteiger partial charge in [-0.25, -0.2) is 0 Å². The van der Waals surface area contributed by atoms with Crippen LogP contribution in [0.15, 0.2) is 16.6 Å². The molecule has 2 amide bonds. The van der Waals surface area contributed by atoms with E-state index in [1.807, 2.05) is 13.0 Å². The second kappa shape index (κ2) is 7.63. The lowest BCUT2D eigenvalue weighted by molar-refractivity contribution is -0.135. The summed E-state index contributed by atoms with van der Waals surface area (Å²) in [6, 6.07) is 3.67. The number of anilines is 2. The number of rotatable bonds is 3. The van der Waals surface area contributed by atoms with E-state index < -0.39 is 0 Å². The van der Waals surface area contributed by atoms with Gasteiger partial charge in [0.1, 0.15) is 0 Å². The van der Waals surface area contributed by atoms with E-state index in [0.717, 1.165) is 35.7 Å². The number of carbonyl (C=O) groups excluding carboxylic acids is 2. The van der Waals surface area contributed by atoms with Gasteiger partial charge in [-0.05, 0) is 37.5 Å². The van der Waals surface area contributed by atoms with Crippen LogP contribution in [0.3, 0.4) is 0 Å². The number of hydrogen-bond donors (Lipinski definition) is 2. The quantitative estimate of drug-likeness (QED) is 0.806. The maximum absolute atomic E-state index is 12.2. The Morgan fingerprint density at radius 2 is 2.05 bits per heavy atom. The summed E-state index contributed by atoms with van der Waals surface area (Å²) in [4.78, 5) is 25.9. The van der Waals surface area contributed by atoms with Gasteiger partial charge in [0.25, 0.3) is 0 Å². The van der Waals surface area contributed by atoms with Crippen LogP contribution in [0, 0.1) is 6.92 Å². The van der Waals surface area contributed by atoms with E-state index in [0.29, 0.717) is 24.3 Å². The molecule has 0 aromatic heterocycles. The van der Waals surface area contributed by atoms with Gasteiger partial charge < -0.3 is 16.0 Å². The van der Waals surface area contributed by atoms with Crippen LogP contribution >= 0.6 is 15.9 Å². The van der Waals surface area contributed by atoms with Gasteiger partial charge in [0.05, 0.1) is 17.9 Å². The summed E-state index contributed by atoms with van der Waals surface area (Å²) < 4.78 is 0.858. The van der Waals surface area contributed by atoms with Crippen molar-refractivity contribution in [2.75, 3.05) is 24.1 Å². The van der Waals surface area contributed by atoms with E-state index in [1.165, 1.54) is 0 Å². The summed E-state index contributed by atoms with van der Waals surface area (Å²) in [5.41, 5.74) is 8.02. The smallest absolute Gasteiger partial charge is 0.244 e. The van der Waals surface area contributed by atoms with Crippen molar-refractivity contribution in [3.8, 4) is 0 Å². The molecular weight excluding hydrogens is 346 g/mol. The normalized spacial score (nSPS) is 16.1. The zero-order chi connectivity index (χ0) is 16.1.